The molecule has 0 radical (unpaired) electrons. The van der Waals surface area contributed by atoms with E-state index in [2.05, 4.69) is 32.8 Å². The van der Waals surface area contributed by atoms with Crippen molar-refractivity contribution in [2.24, 2.45) is 0 Å². The van der Waals surface area contributed by atoms with Gasteiger partial charge in [0.1, 0.15) is 5.75 Å². The van der Waals surface area contributed by atoms with Gasteiger partial charge in [-0.15, -0.1) is 10.2 Å². The first-order chi connectivity index (χ1) is 14.0. The molecule has 0 saturated heterocycles. The highest BCUT2D eigenvalue weighted by molar-refractivity contribution is 7.88. The summed E-state index contributed by atoms with van der Waals surface area (Å²) in [6.45, 7) is 1.59. The topological polar surface area (TPSA) is 101 Å². The van der Waals surface area contributed by atoms with Crippen molar-refractivity contribution in [2.75, 3.05) is 19.4 Å². The standard InChI is InChI=1S/C20H23N5O3S/c1-29(26,27)25-11-10-17-13-19(9-8-18(17)14-25)28-12-2-3-15-4-6-16(7-5-15)20-21-23-24-22-20/h4-9,13H,2-3,10-12,14H2,1H3,(H,21,22,23,24). The number of rotatable bonds is 7. The summed E-state index contributed by atoms with van der Waals surface area (Å²) in [5.74, 6) is 1.43. The van der Waals surface area contributed by atoms with Gasteiger partial charge in [-0.2, -0.15) is 9.52 Å². The normalized spacial score (nSPS) is 14.5. The Bertz CT molecular complexity index is 1070. The highest BCUT2D eigenvalue weighted by Gasteiger charge is 2.23. The molecule has 0 fully saturated rings. The number of sulfonamides is 1. The molecule has 2 heterocycles. The van der Waals surface area contributed by atoms with Crippen LogP contribution in [0, 0.1) is 0 Å². The first kappa shape index (κ1) is 19.5. The molecule has 152 valence electrons. The van der Waals surface area contributed by atoms with E-state index in [9.17, 15) is 8.42 Å². The third-order valence-corrected chi connectivity index (χ3v) is 6.31. The summed E-state index contributed by atoms with van der Waals surface area (Å²) in [7, 11) is -3.15. The Labute approximate surface area is 170 Å². The van der Waals surface area contributed by atoms with Crippen LogP contribution in [0.2, 0.25) is 0 Å². The average molecular weight is 414 g/mol. The monoisotopic (exact) mass is 413 g/mol. The predicted octanol–water partition coefficient (Wildman–Crippen LogP) is 2.20. The fourth-order valence-corrected chi connectivity index (χ4v) is 4.24. The van der Waals surface area contributed by atoms with Gasteiger partial charge >= 0.3 is 0 Å². The number of nitrogens with zero attached hydrogens (tertiary/aromatic N) is 4. The van der Waals surface area contributed by atoms with Crippen molar-refractivity contribution in [3.8, 4) is 17.1 Å². The molecular weight excluding hydrogens is 390 g/mol. The van der Waals surface area contributed by atoms with Crippen LogP contribution in [0.3, 0.4) is 0 Å². The lowest BCUT2D eigenvalue weighted by Crippen LogP contribution is -2.35. The van der Waals surface area contributed by atoms with E-state index in [4.69, 9.17) is 4.74 Å². The van der Waals surface area contributed by atoms with Gasteiger partial charge in [0.25, 0.3) is 0 Å². The minimum Gasteiger partial charge on any atom is -0.494 e. The molecule has 0 amide bonds. The molecule has 1 aliphatic rings. The van der Waals surface area contributed by atoms with E-state index < -0.39 is 10.0 Å². The minimum absolute atomic E-state index is 0.439. The minimum atomic E-state index is -3.15. The Morgan fingerprint density at radius 3 is 2.69 bits per heavy atom. The Kier molecular flexibility index (Phi) is 5.59. The fourth-order valence-electron chi connectivity index (χ4n) is 3.45. The summed E-state index contributed by atoms with van der Waals surface area (Å²) in [6, 6.07) is 14.0. The zero-order valence-electron chi connectivity index (χ0n) is 16.2. The number of hydrogen-bond acceptors (Lipinski definition) is 6. The largest absolute Gasteiger partial charge is 0.494 e. The average Bonchev–Trinajstić information content (AvgIpc) is 3.25. The van der Waals surface area contributed by atoms with Crippen LogP contribution in [0.1, 0.15) is 23.1 Å². The Morgan fingerprint density at radius 2 is 1.97 bits per heavy atom. The molecule has 8 nitrogen and oxygen atoms in total. The first-order valence-electron chi connectivity index (χ1n) is 9.51. The number of hydrogen-bond donors (Lipinski definition) is 1. The van der Waals surface area contributed by atoms with Crippen molar-refractivity contribution in [3.63, 3.8) is 0 Å². The molecule has 4 rings (SSSR count). The number of aromatic amines is 1. The molecule has 3 aromatic rings. The molecule has 0 unspecified atom stereocenters. The SMILES string of the molecule is CS(=O)(=O)N1CCc2cc(OCCCc3ccc(-c4nn[nH]n4)cc3)ccc2C1. The molecule has 1 N–H and O–H groups in total. The Morgan fingerprint density at radius 1 is 1.14 bits per heavy atom. The number of aryl methyl sites for hydroxylation is 1. The van der Waals surface area contributed by atoms with Gasteiger partial charge < -0.3 is 4.74 Å². The molecule has 1 aliphatic heterocycles. The van der Waals surface area contributed by atoms with Gasteiger partial charge in [-0.05, 0) is 53.3 Å². The van der Waals surface area contributed by atoms with Crippen LogP contribution >= 0.6 is 0 Å². The smallest absolute Gasteiger partial charge is 0.211 e. The zero-order chi connectivity index (χ0) is 20.3. The summed E-state index contributed by atoms with van der Waals surface area (Å²) >= 11 is 0. The van der Waals surface area contributed by atoms with Gasteiger partial charge in [0.2, 0.25) is 15.8 Å². The summed E-state index contributed by atoms with van der Waals surface area (Å²) < 4.78 is 30.9. The van der Waals surface area contributed by atoms with Gasteiger partial charge in [0.05, 0.1) is 12.9 Å². The van der Waals surface area contributed by atoms with Crippen LogP contribution in [-0.4, -0.2) is 52.8 Å². The predicted molar refractivity (Wildman–Crippen MR) is 109 cm³/mol. The van der Waals surface area contributed by atoms with Crippen LogP contribution in [0.5, 0.6) is 5.75 Å². The molecule has 0 atom stereocenters. The lowest BCUT2D eigenvalue weighted by atomic mass is 10.0. The molecular formula is C20H23N5O3S. The second-order valence-corrected chi connectivity index (χ2v) is 9.14. The van der Waals surface area contributed by atoms with Gasteiger partial charge in [0.15, 0.2) is 0 Å². The molecule has 2 aromatic carbocycles. The van der Waals surface area contributed by atoms with Crippen molar-refractivity contribution < 1.29 is 13.2 Å². The summed E-state index contributed by atoms with van der Waals surface area (Å²) in [5, 5.41) is 14.0. The number of fused-ring (bicyclic) bond motifs is 1. The van der Waals surface area contributed by atoms with Crippen LogP contribution in [0.15, 0.2) is 42.5 Å². The lowest BCUT2D eigenvalue weighted by Gasteiger charge is -2.27. The number of tetrazole rings is 1. The van der Waals surface area contributed by atoms with Crippen LogP contribution < -0.4 is 4.74 Å². The highest BCUT2D eigenvalue weighted by atomic mass is 32.2. The van der Waals surface area contributed by atoms with Crippen LogP contribution in [-0.2, 0) is 29.4 Å². The third kappa shape index (κ3) is 4.80. The van der Waals surface area contributed by atoms with Gasteiger partial charge in [0, 0.05) is 18.7 Å². The number of aromatic nitrogens is 4. The zero-order valence-corrected chi connectivity index (χ0v) is 17.0. The van der Waals surface area contributed by atoms with Gasteiger partial charge in [-0.25, -0.2) is 8.42 Å². The third-order valence-electron chi connectivity index (χ3n) is 5.06. The summed E-state index contributed by atoms with van der Waals surface area (Å²) in [6.07, 6.45) is 3.79. The second-order valence-electron chi connectivity index (χ2n) is 7.16. The molecule has 1 aromatic heterocycles. The van der Waals surface area contributed by atoms with E-state index in [1.165, 1.54) is 21.7 Å². The van der Waals surface area contributed by atoms with Gasteiger partial charge in [-0.1, -0.05) is 30.3 Å². The van der Waals surface area contributed by atoms with E-state index in [-0.39, 0.29) is 0 Å². The first-order valence-corrected chi connectivity index (χ1v) is 11.4. The maximum atomic E-state index is 11.7. The van der Waals surface area contributed by atoms with E-state index in [0.29, 0.717) is 31.9 Å². The number of benzene rings is 2. The number of nitrogens with one attached hydrogen (secondary N) is 1. The Hall–Kier alpha value is -2.78. The molecule has 0 spiro atoms. The lowest BCUT2D eigenvalue weighted by molar-refractivity contribution is 0.309. The molecule has 9 heteroatoms. The maximum Gasteiger partial charge on any atom is 0.211 e. The van der Waals surface area contributed by atoms with Crippen molar-refractivity contribution in [1.29, 1.82) is 0 Å². The fraction of sp³-hybridized carbons (Fsp3) is 0.350. The van der Waals surface area contributed by atoms with Crippen LogP contribution in [0.4, 0.5) is 0 Å². The van der Waals surface area contributed by atoms with Crippen molar-refractivity contribution >= 4 is 10.0 Å². The van der Waals surface area contributed by atoms with Crippen molar-refractivity contribution in [3.05, 3.63) is 59.2 Å². The second kappa shape index (κ2) is 8.30. The number of H-pyrrole nitrogens is 1. The Balaban J connectivity index is 1.27. The van der Waals surface area contributed by atoms with E-state index in [1.807, 2.05) is 30.3 Å². The van der Waals surface area contributed by atoms with Gasteiger partial charge in [-0.3, -0.25) is 0 Å². The summed E-state index contributed by atoms with van der Waals surface area (Å²) in [4.78, 5) is 0. The van der Waals surface area contributed by atoms with E-state index in [1.54, 1.807) is 0 Å². The van der Waals surface area contributed by atoms with Crippen molar-refractivity contribution in [1.82, 2.24) is 24.9 Å². The molecule has 0 aliphatic carbocycles. The molecule has 0 saturated carbocycles. The summed E-state index contributed by atoms with van der Waals surface area (Å²) in [5.41, 5.74) is 4.38. The quantitative estimate of drug-likeness (QED) is 0.596. The molecule has 0 bridgehead atoms. The maximum absolute atomic E-state index is 11.7. The van der Waals surface area contributed by atoms with E-state index in [0.717, 1.165) is 29.7 Å². The number of ether oxygens (including phenoxy) is 1. The van der Waals surface area contributed by atoms with E-state index >= 15 is 0 Å². The van der Waals surface area contributed by atoms with Crippen molar-refractivity contribution in [2.45, 2.75) is 25.8 Å². The molecule has 29 heavy (non-hydrogen) atoms. The van der Waals surface area contributed by atoms with Crippen LogP contribution in [0.25, 0.3) is 11.4 Å². The highest BCUT2D eigenvalue weighted by Crippen LogP contribution is 2.25.